The van der Waals surface area contributed by atoms with Gasteiger partial charge in [0.2, 0.25) is 0 Å². The van der Waals surface area contributed by atoms with E-state index in [1.807, 2.05) is 0 Å². The molecule has 0 amide bonds. The van der Waals surface area contributed by atoms with Crippen molar-refractivity contribution in [2.75, 3.05) is 13.2 Å². The number of carboxylic acids is 1. The number of rotatable bonds is 10. The number of benzene rings is 1. The topological polar surface area (TPSA) is 116 Å². The van der Waals surface area contributed by atoms with Crippen LogP contribution in [-0.4, -0.2) is 42.3 Å². The van der Waals surface area contributed by atoms with Crippen molar-refractivity contribution in [3.63, 3.8) is 0 Å². The molecule has 1 rings (SSSR count). The Labute approximate surface area is 145 Å². The first kappa shape index (κ1) is 20.1. The minimum Gasteiger partial charge on any atom is -0.480 e. The minimum absolute atomic E-state index is 0.0321. The van der Waals surface area contributed by atoms with Gasteiger partial charge in [-0.3, -0.25) is 14.4 Å². The predicted octanol–water partition coefficient (Wildman–Crippen LogP) is 1.18. The summed E-state index contributed by atoms with van der Waals surface area (Å²) in [6.45, 7) is 6.83. The summed E-state index contributed by atoms with van der Waals surface area (Å²) in [5, 5.41) is 8.83. The lowest BCUT2D eigenvalue weighted by Crippen LogP contribution is -2.32. The zero-order valence-corrected chi connectivity index (χ0v) is 13.7. The average Bonchev–Trinajstić information content (AvgIpc) is 2.59. The molecule has 0 aliphatic carbocycles. The van der Waals surface area contributed by atoms with Crippen molar-refractivity contribution in [3.8, 4) is 0 Å². The number of carboxylic acid groups (broad SMARTS) is 1. The van der Waals surface area contributed by atoms with Crippen LogP contribution < -0.4 is 5.73 Å². The maximum absolute atomic E-state index is 12.2. The SMILES string of the molecule is C=CCOC(=O)C(C(=O)OCC=C)c1ccc(CC(N)C(=O)O)cc1. The summed E-state index contributed by atoms with van der Waals surface area (Å²) < 4.78 is 9.91. The van der Waals surface area contributed by atoms with Crippen LogP contribution in [0.1, 0.15) is 17.0 Å². The molecular formula is C18H21NO6. The molecule has 0 heterocycles. The zero-order valence-electron chi connectivity index (χ0n) is 13.7. The van der Waals surface area contributed by atoms with Crippen molar-refractivity contribution in [2.24, 2.45) is 5.73 Å². The summed E-state index contributed by atoms with van der Waals surface area (Å²) in [5.41, 5.74) is 6.52. The number of esters is 2. The second-order valence-electron chi connectivity index (χ2n) is 5.16. The van der Waals surface area contributed by atoms with Gasteiger partial charge in [0.25, 0.3) is 0 Å². The number of carbonyl (C=O) groups is 3. The maximum Gasteiger partial charge on any atom is 0.325 e. The van der Waals surface area contributed by atoms with Crippen molar-refractivity contribution in [2.45, 2.75) is 18.4 Å². The van der Waals surface area contributed by atoms with E-state index in [0.717, 1.165) is 0 Å². The highest BCUT2D eigenvalue weighted by Crippen LogP contribution is 2.21. The first-order valence-electron chi connectivity index (χ1n) is 7.53. The standard InChI is InChI=1S/C18H21NO6/c1-3-9-24-17(22)15(18(23)25-10-4-2)13-7-5-12(6-8-13)11-14(19)16(20)21/h3-8,14-15H,1-2,9-11,19H2,(H,20,21). The Bertz CT molecular complexity index is 613. The van der Waals surface area contributed by atoms with Crippen molar-refractivity contribution >= 4 is 17.9 Å². The Kier molecular flexibility index (Phi) is 8.08. The third-order valence-corrected chi connectivity index (χ3v) is 3.24. The number of carbonyl (C=O) groups excluding carboxylic acids is 2. The summed E-state index contributed by atoms with van der Waals surface area (Å²) in [6, 6.07) is 5.26. The molecule has 0 radical (unpaired) electrons. The van der Waals surface area contributed by atoms with E-state index in [-0.39, 0.29) is 19.6 Å². The van der Waals surface area contributed by atoms with Crippen LogP contribution in [0.25, 0.3) is 0 Å². The van der Waals surface area contributed by atoms with Gasteiger partial charge in [0.15, 0.2) is 5.92 Å². The molecule has 7 nitrogen and oxygen atoms in total. The molecule has 1 aromatic carbocycles. The van der Waals surface area contributed by atoms with Crippen LogP contribution in [0.3, 0.4) is 0 Å². The van der Waals surface area contributed by atoms with Crippen LogP contribution >= 0.6 is 0 Å². The third kappa shape index (κ3) is 6.23. The molecule has 0 spiro atoms. The second kappa shape index (κ2) is 10.0. The third-order valence-electron chi connectivity index (χ3n) is 3.24. The van der Waals surface area contributed by atoms with Gasteiger partial charge in [0.05, 0.1) is 0 Å². The van der Waals surface area contributed by atoms with E-state index >= 15 is 0 Å². The normalized spacial score (nSPS) is 11.4. The van der Waals surface area contributed by atoms with E-state index in [1.54, 1.807) is 24.3 Å². The van der Waals surface area contributed by atoms with Crippen molar-refractivity contribution in [1.29, 1.82) is 0 Å². The van der Waals surface area contributed by atoms with E-state index < -0.39 is 29.9 Å². The van der Waals surface area contributed by atoms with E-state index in [0.29, 0.717) is 11.1 Å². The summed E-state index contributed by atoms with van der Waals surface area (Å²) in [6.07, 6.45) is 2.91. The van der Waals surface area contributed by atoms with E-state index in [1.165, 1.54) is 12.2 Å². The zero-order chi connectivity index (χ0) is 18.8. The summed E-state index contributed by atoms with van der Waals surface area (Å²) >= 11 is 0. The van der Waals surface area contributed by atoms with Crippen molar-refractivity contribution < 1.29 is 29.0 Å². The summed E-state index contributed by atoms with van der Waals surface area (Å²) in [4.78, 5) is 35.1. The molecule has 0 aromatic heterocycles. The summed E-state index contributed by atoms with van der Waals surface area (Å²) in [5.74, 6) is -3.88. The number of ether oxygens (including phenoxy) is 2. The van der Waals surface area contributed by atoms with Gasteiger partial charge < -0.3 is 20.3 Å². The monoisotopic (exact) mass is 347 g/mol. The van der Waals surface area contributed by atoms with E-state index in [9.17, 15) is 14.4 Å². The first-order valence-corrected chi connectivity index (χ1v) is 7.53. The van der Waals surface area contributed by atoms with Crippen LogP contribution in [0.5, 0.6) is 0 Å². The molecule has 25 heavy (non-hydrogen) atoms. The lowest BCUT2D eigenvalue weighted by molar-refractivity contribution is -0.156. The molecule has 0 saturated carbocycles. The Morgan fingerprint density at radius 1 is 1.04 bits per heavy atom. The molecule has 7 heteroatoms. The van der Waals surface area contributed by atoms with Crippen LogP contribution in [-0.2, 0) is 30.3 Å². The van der Waals surface area contributed by atoms with Gasteiger partial charge >= 0.3 is 17.9 Å². The lowest BCUT2D eigenvalue weighted by Gasteiger charge is -2.15. The Morgan fingerprint density at radius 3 is 1.92 bits per heavy atom. The van der Waals surface area contributed by atoms with Gasteiger partial charge in [-0.15, -0.1) is 0 Å². The number of nitrogens with two attached hydrogens (primary N) is 1. The average molecular weight is 347 g/mol. The van der Waals surface area contributed by atoms with Gasteiger partial charge in [0, 0.05) is 0 Å². The minimum atomic E-state index is -1.25. The highest BCUT2D eigenvalue weighted by atomic mass is 16.6. The van der Waals surface area contributed by atoms with Crippen molar-refractivity contribution in [1.82, 2.24) is 0 Å². The molecule has 134 valence electrons. The van der Waals surface area contributed by atoms with Crippen LogP contribution in [0, 0.1) is 0 Å². The Morgan fingerprint density at radius 2 is 1.52 bits per heavy atom. The maximum atomic E-state index is 12.2. The van der Waals surface area contributed by atoms with Gasteiger partial charge in [-0.05, 0) is 17.5 Å². The van der Waals surface area contributed by atoms with Crippen LogP contribution in [0.4, 0.5) is 0 Å². The molecule has 0 bridgehead atoms. The molecule has 0 aliphatic rings. The highest BCUT2D eigenvalue weighted by Gasteiger charge is 2.31. The molecule has 0 saturated heterocycles. The fourth-order valence-corrected chi connectivity index (χ4v) is 2.00. The summed E-state index contributed by atoms with van der Waals surface area (Å²) in [7, 11) is 0. The fourth-order valence-electron chi connectivity index (χ4n) is 2.00. The first-order chi connectivity index (χ1) is 11.9. The van der Waals surface area contributed by atoms with Gasteiger partial charge in [-0.1, -0.05) is 49.6 Å². The van der Waals surface area contributed by atoms with Gasteiger partial charge in [-0.25, -0.2) is 0 Å². The molecule has 3 N–H and O–H groups in total. The van der Waals surface area contributed by atoms with Gasteiger partial charge in [0.1, 0.15) is 19.3 Å². The molecule has 1 aromatic rings. The molecule has 1 unspecified atom stereocenters. The highest BCUT2D eigenvalue weighted by molar-refractivity contribution is 6.00. The fraction of sp³-hybridized carbons (Fsp3) is 0.278. The predicted molar refractivity (Wildman–Crippen MR) is 90.8 cm³/mol. The molecule has 0 fully saturated rings. The van der Waals surface area contributed by atoms with Crippen LogP contribution in [0.15, 0.2) is 49.6 Å². The van der Waals surface area contributed by atoms with Crippen molar-refractivity contribution in [3.05, 3.63) is 60.7 Å². The largest absolute Gasteiger partial charge is 0.480 e. The number of aliphatic carboxylic acids is 1. The number of hydrogen-bond donors (Lipinski definition) is 2. The van der Waals surface area contributed by atoms with E-state index in [4.69, 9.17) is 20.3 Å². The quantitative estimate of drug-likeness (QED) is 0.371. The van der Waals surface area contributed by atoms with Crippen LogP contribution in [0.2, 0.25) is 0 Å². The smallest absolute Gasteiger partial charge is 0.325 e. The second-order valence-corrected chi connectivity index (χ2v) is 5.16. The molecular weight excluding hydrogens is 326 g/mol. The molecule has 0 aliphatic heterocycles. The lowest BCUT2D eigenvalue weighted by atomic mass is 9.96. The van der Waals surface area contributed by atoms with E-state index in [2.05, 4.69) is 13.2 Å². The number of hydrogen-bond acceptors (Lipinski definition) is 6. The van der Waals surface area contributed by atoms with Gasteiger partial charge in [-0.2, -0.15) is 0 Å². The Hall–Kier alpha value is -2.93. The Balaban J connectivity index is 2.98. The molecule has 1 atom stereocenters.